The molecule has 0 bridgehead atoms. The molecule has 0 aliphatic carbocycles. The quantitative estimate of drug-likeness (QED) is 0.654. The lowest BCUT2D eigenvalue weighted by Crippen LogP contribution is -2.23. The molecule has 0 unspecified atom stereocenters. The number of carbonyl (C=O) groups excluding carboxylic acids is 1. The lowest BCUT2D eigenvalue weighted by atomic mass is 10.2. The fourth-order valence-corrected chi connectivity index (χ4v) is 2.62. The van der Waals surface area contributed by atoms with Crippen LogP contribution in [0.5, 0.6) is 0 Å². The largest absolute Gasteiger partial charge is 0.453 e. The summed E-state index contributed by atoms with van der Waals surface area (Å²) in [6.07, 6.45) is 2.08. The van der Waals surface area contributed by atoms with Gasteiger partial charge in [0, 0.05) is 12.1 Å². The second kappa shape index (κ2) is 5.85. The monoisotopic (exact) mass is 291 g/mol. The molecular formula is C14H13NO4S. The van der Waals surface area contributed by atoms with Crippen molar-refractivity contribution in [3.05, 3.63) is 54.8 Å². The Morgan fingerprint density at radius 1 is 1.15 bits per heavy atom. The third-order valence-electron chi connectivity index (χ3n) is 2.61. The van der Waals surface area contributed by atoms with E-state index in [1.165, 1.54) is 18.2 Å². The number of sulfonamides is 1. The Labute approximate surface area is 117 Å². The summed E-state index contributed by atoms with van der Waals surface area (Å²) in [5, 5.41) is 0. The van der Waals surface area contributed by atoms with Crippen molar-refractivity contribution in [3.63, 3.8) is 0 Å². The van der Waals surface area contributed by atoms with Gasteiger partial charge in [0.15, 0.2) is 12.0 Å². The third-order valence-corrected chi connectivity index (χ3v) is 4.05. The van der Waals surface area contributed by atoms with E-state index in [1.54, 1.807) is 24.3 Å². The minimum Gasteiger partial charge on any atom is -0.453 e. The zero-order chi connectivity index (χ0) is 14.6. The topological polar surface area (TPSA) is 76.4 Å². The highest BCUT2D eigenvalue weighted by molar-refractivity contribution is 7.89. The maximum absolute atomic E-state index is 11.9. The van der Waals surface area contributed by atoms with Gasteiger partial charge in [0.2, 0.25) is 10.0 Å². The Bertz CT molecular complexity index is 714. The fraction of sp³-hybridized carbons (Fsp3) is 0.0714. The van der Waals surface area contributed by atoms with E-state index in [2.05, 4.69) is 11.3 Å². The van der Waals surface area contributed by atoms with Gasteiger partial charge >= 0.3 is 0 Å². The maximum atomic E-state index is 11.9. The minimum atomic E-state index is -3.53. The van der Waals surface area contributed by atoms with Crippen LogP contribution in [-0.2, 0) is 10.0 Å². The SMILES string of the molecule is C=CCNS(=O)(=O)c1ccc(-c2ccc(C=O)o2)cc1. The molecule has 0 amide bonds. The van der Waals surface area contributed by atoms with Crippen LogP contribution < -0.4 is 4.72 Å². The van der Waals surface area contributed by atoms with Gasteiger partial charge in [-0.25, -0.2) is 13.1 Å². The first-order valence-electron chi connectivity index (χ1n) is 5.83. The van der Waals surface area contributed by atoms with Crippen LogP contribution in [0.4, 0.5) is 0 Å². The number of nitrogens with one attached hydrogen (secondary N) is 1. The first-order valence-corrected chi connectivity index (χ1v) is 7.31. The number of aldehydes is 1. The molecule has 2 rings (SSSR count). The summed E-state index contributed by atoms with van der Waals surface area (Å²) in [4.78, 5) is 10.7. The normalized spacial score (nSPS) is 11.2. The van der Waals surface area contributed by atoms with Crippen LogP contribution in [-0.4, -0.2) is 21.2 Å². The van der Waals surface area contributed by atoms with Crippen molar-refractivity contribution in [3.8, 4) is 11.3 Å². The van der Waals surface area contributed by atoms with Gasteiger partial charge < -0.3 is 4.42 Å². The average Bonchev–Trinajstić information content (AvgIpc) is 2.94. The van der Waals surface area contributed by atoms with Crippen molar-refractivity contribution < 1.29 is 17.6 Å². The highest BCUT2D eigenvalue weighted by atomic mass is 32.2. The van der Waals surface area contributed by atoms with E-state index in [0.717, 1.165) is 0 Å². The average molecular weight is 291 g/mol. The van der Waals surface area contributed by atoms with Crippen LogP contribution in [0.3, 0.4) is 0 Å². The first-order chi connectivity index (χ1) is 9.56. The van der Waals surface area contributed by atoms with E-state index < -0.39 is 10.0 Å². The van der Waals surface area contributed by atoms with Crippen molar-refractivity contribution in [2.75, 3.05) is 6.54 Å². The van der Waals surface area contributed by atoms with Crippen molar-refractivity contribution >= 4 is 16.3 Å². The molecule has 0 saturated carbocycles. The molecule has 0 atom stereocenters. The summed E-state index contributed by atoms with van der Waals surface area (Å²) in [6, 6.07) is 9.40. The molecule has 0 radical (unpaired) electrons. The molecule has 2 aromatic rings. The van der Waals surface area contributed by atoms with E-state index in [1.807, 2.05) is 0 Å². The number of benzene rings is 1. The van der Waals surface area contributed by atoms with Crippen LogP contribution >= 0.6 is 0 Å². The molecule has 20 heavy (non-hydrogen) atoms. The van der Waals surface area contributed by atoms with Crippen molar-refractivity contribution in [2.24, 2.45) is 0 Å². The van der Waals surface area contributed by atoms with Gasteiger partial charge in [-0.15, -0.1) is 6.58 Å². The molecule has 0 aliphatic heterocycles. The summed E-state index contributed by atoms with van der Waals surface area (Å²) in [5.41, 5.74) is 0.695. The number of hydrogen-bond acceptors (Lipinski definition) is 4. The van der Waals surface area contributed by atoms with Crippen molar-refractivity contribution in [2.45, 2.75) is 4.90 Å². The maximum Gasteiger partial charge on any atom is 0.240 e. The highest BCUT2D eigenvalue weighted by Crippen LogP contribution is 2.23. The first kappa shape index (κ1) is 14.2. The Hall–Kier alpha value is -2.18. The minimum absolute atomic E-state index is 0.158. The lowest BCUT2D eigenvalue weighted by molar-refractivity contribution is 0.110. The number of carbonyl (C=O) groups is 1. The van der Waals surface area contributed by atoms with Crippen LogP contribution in [0.2, 0.25) is 0 Å². The Balaban J connectivity index is 2.26. The zero-order valence-corrected chi connectivity index (χ0v) is 11.4. The molecule has 1 aromatic carbocycles. The van der Waals surface area contributed by atoms with Gasteiger partial charge in [-0.05, 0) is 36.4 Å². The summed E-state index contributed by atoms with van der Waals surface area (Å²) >= 11 is 0. The second-order valence-electron chi connectivity index (χ2n) is 3.98. The van der Waals surface area contributed by atoms with Crippen LogP contribution in [0, 0.1) is 0 Å². The molecule has 0 fully saturated rings. The molecule has 0 spiro atoms. The van der Waals surface area contributed by atoms with Gasteiger partial charge in [-0.1, -0.05) is 6.08 Å². The molecule has 6 heteroatoms. The summed E-state index contributed by atoms with van der Waals surface area (Å²) in [5.74, 6) is 0.736. The molecular weight excluding hydrogens is 278 g/mol. The van der Waals surface area contributed by atoms with E-state index >= 15 is 0 Å². The van der Waals surface area contributed by atoms with E-state index in [9.17, 15) is 13.2 Å². The summed E-state index contributed by atoms with van der Waals surface area (Å²) in [7, 11) is -3.53. The van der Waals surface area contributed by atoms with E-state index in [0.29, 0.717) is 17.6 Å². The van der Waals surface area contributed by atoms with E-state index in [-0.39, 0.29) is 17.2 Å². The number of rotatable bonds is 6. The molecule has 1 heterocycles. The predicted octanol–water partition coefficient (Wildman–Crippen LogP) is 2.22. The predicted molar refractivity (Wildman–Crippen MR) is 74.9 cm³/mol. The molecule has 1 N–H and O–H groups in total. The lowest BCUT2D eigenvalue weighted by Gasteiger charge is -2.05. The Kier molecular flexibility index (Phi) is 4.16. The summed E-state index contributed by atoms with van der Waals surface area (Å²) in [6.45, 7) is 3.63. The number of hydrogen-bond donors (Lipinski definition) is 1. The smallest absolute Gasteiger partial charge is 0.240 e. The standard InChI is InChI=1S/C14H13NO4S/c1-2-9-15-20(17,18)13-6-3-11(4-7-13)14-8-5-12(10-16)19-14/h2-8,10,15H,1,9H2. The van der Waals surface area contributed by atoms with Gasteiger partial charge in [-0.2, -0.15) is 0 Å². The van der Waals surface area contributed by atoms with Crippen molar-refractivity contribution in [1.29, 1.82) is 0 Å². The van der Waals surface area contributed by atoms with Gasteiger partial charge in [0.1, 0.15) is 5.76 Å². The van der Waals surface area contributed by atoms with Crippen LogP contribution in [0.1, 0.15) is 10.6 Å². The van der Waals surface area contributed by atoms with Crippen LogP contribution in [0.25, 0.3) is 11.3 Å². The fourth-order valence-electron chi connectivity index (χ4n) is 1.62. The molecule has 0 saturated heterocycles. The Morgan fingerprint density at radius 2 is 1.85 bits per heavy atom. The van der Waals surface area contributed by atoms with Crippen LogP contribution in [0.15, 0.2) is 58.4 Å². The van der Waals surface area contributed by atoms with E-state index in [4.69, 9.17) is 4.42 Å². The van der Waals surface area contributed by atoms with Gasteiger partial charge in [0.25, 0.3) is 0 Å². The van der Waals surface area contributed by atoms with Crippen molar-refractivity contribution in [1.82, 2.24) is 4.72 Å². The molecule has 104 valence electrons. The van der Waals surface area contributed by atoms with Gasteiger partial charge in [-0.3, -0.25) is 4.79 Å². The van der Waals surface area contributed by atoms with Gasteiger partial charge in [0.05, 0.1) is 4.90 Å². The third kappa shape index (κ3) is 3.04. The zero-order valence-electron chi connectivity index (χ0n) is 10.6. The summed E-state index contributed by atoms with van der Waals surface area (Å²) < 4.78 is 31.4. The molecule has 1 aromatic heterocycles. The highest BCUT2D eigenvalue weighted by Gasteiger charge is 2.13. The molecule has 0 aliphatic rings. The Morgan fingerprint density at radius 3 is 2.40 bits per heavy atom. The second-order valence-corrected chi connectivity index (χ2v) is 5.75. The molecule has 5 nitrogen and oxygen atoms in total. The number of furan rings is 1.